The number of nitrogens with zero attached hydrogens (tertiary/aromatic N) is 2. The Hall–Kier alpha value is -2.46. The van der Waals surface area contributed by atoms with E-state index in [1.165, 1.54) is 17.0 Å². The maximum Gasteiger partial charge on any atom is 0.244 e. The van der Waals surface area contributed by atoms with E-state index in [9.17, 15) is 22.4 Å². The van der Waals surface area contributed by atoms with Gasteiger partial charge in [0.2, 0.25) is 21.8 Å². The summed E-state index contributed by atoms with van der Waals surface area (Å²) >= 11 is 3.35. The number of carbonyl (C=O) groups is 2. The summed E-state index contributed by atoms with van der Waals surface area (Å²) in [5.74, 6) is -1.25. The van der Waals surface area contributed by atoms with Gasteiger partial charge in [-0.05, 0) is 65.5 Å². The monoisotopic (exact) mass is 553 g/mol. The second-order valence-electron chi connectivity index (χ2n) is 8.54. The molecule has 10 heteroatoms. The molecular formula is C24H29BrFN3O4S. The van der Waals surface area contributed by atoms with Crippen LogP contribution in [0.25, 0.3) is 0 Å². The van der Waals surface area contributed by atoms with E-state index in [2.05, 4.69) is 21.2 Å². The van der Waals surface area contributed by atoms with Crippen LogP contribution in [0.2, 0.25) is 0 Å². The number of sulfonamides is 1. The minimum Gasteiger partial charge on any atom is -0.352 e. The van der Waals surface area contributed by atoms with Crippen molar-refractivity contribution in [1.82, 2.24) is 10.2 Å². The van der Waals surface area contributed by atoms with Crippen molar-refractivity contribution < 1.29 is 22.4 Å². The Bertz CT molecular complexity index is 1120. The van der Waals surface area contributed by atoms with E-state index in [1.807, 2.05) is 0 Å². The van der Waals surface area contributed by atoms with Crippen molar-refractivity contribution in [2.24, 2.45) is 0 Å². The highest BCUT2D eigenvalue weighted by atomic mass is 79.9. The normalized spacial score (nSPS) is 15.1. The standard InChI is InChI=1S/C24H29BrFN3O4S/c1-17(24(31)27-20-7-3-4-8-20)28(15-18-11-13-19(26)14-12-18)23(30)16-29(34(2,32)33)22-10-6-5-9-21(22)25/h5-6,9-14,17,20H,3-4,7-8,15-16H2,1-2H3,(H,27,31)/t17-/m0/s1. The third-order valence-corrected chi connectivity index (χ3v) is 7.73. The van der Waals surface area contributed by atoms with Crippen LogP contribution in [0.15, 0.2) is 53.0 Å². The molecule has 1 aliphatic rings. The van der Waals surface area contributed by atoms with Crippen LogP contribution in [-0.4, -0.2) is 50.0 Å². The Balaban J connectivity index is 1.88. The van der Waals surface area contributed by atoms with Gasteiger partial charge in [0.1, 0.15) is 18.4 Å². The number of anilines is 1. The van der Waals surface area contributed by atoms with Crippen molar-refractivity contribution in [2.45, 2.75) is 51.2 Å². The molecule has 0 aromatic heterocycles. The lowest BCUT2D eigenvalue weighted by Gasteiger charge is -2.32. The summed E-state index contributed by atoms with van der Waals surface area (Å²) in [4.78, 5) is 27.8. The van der Waals surface area contributed by atoms with Gasteiger partial charge in [-0.25, -0.2) is 12.8 Å². The first-order valence-corrected chi connectivity index (χ1v) is 13.8. The maximum absolute atomic E-state index is 13.5. The molecule has 0 aliphatic heterocycles. The molecule has 0 bridgehead atoms. The molecule has 0 heterocycles. The highest BCUT2D eigenvalue weighted by Crippen LogP contribution is 2.28. The van der Waals surface area contributed by atoms with Gasteiger partial charge in [-0.3, -0.25) is 13.9 Å². The van der Waals surface area contributed by atoms with Gasteiger partial charge in [-0.2, -0.15) is 0 Å². The number of hydrogen-bond acceptors (Lipinski definition) is 4. The average molecular weight is 554 g/mol. The SMILES string of the molecule is C[C@@H](C(=O)NC1CCCC1)N(Cc1ccc(F)cc1)C(=O)CN(c1ccccc1Br)S(C)(=O)=O. The van der Waals surface area contributed by atoms with Gasteiger partial charge in [0.05, 0.1) is 11.9 Å². The molecule has 1 fully saturated rings. The topological polar surface area (TPSA) is 86.8 Å². The van der Waals surface area contributed by atoms with Gasteiger partial charge in [0.25, 0.3) is 0 Å². The molecule has 34 heavy (non-hydrogen) atoms. The summed E-state index contributed by atoms with van der Waals surface area (Å²) in [5.41, 5.74) is 0.949. The zero-order chi connectivity index (χ0) is 24.9. The van der Waals surface area contributed by atoms with E-state index in [0.717, 1.165) is 36.2 Å². The van der Waals surface area contributed by atoms with Crippen LogP contribution in [0.4, 0.5) is 10.1 Å². The van der Waals surface area contributed by atoms with Crippen LogP contribution in [0.5, 0.6) is 0 Å². The van der Waals surface area contributed by atoms with Gasteiger partial charge in [0.15, 0.2) is 0 Å². The highest BCUT2D eigenvalue weighted by Gasteiger charge is 2.31. The second-order valence-corrected chi connectivity index (χ2v) is 11.3. The third-order valence-electron chi connectivity index (χ3n) is 5.94. The molecule has 0 spiro atoms. The number of benzene rings is 2. The van der Waals surface area contributed by atoms with E-state index in [0.29, 0.717) is 15.7 Å². The molecule has 2 amide bonds. The summed E-state index contributed by atoms with van der Waals surface area (Å²) in [6.07, 6.45) is 4.92. The van der Waals surface area contributed by atoms with Crippen LogP contribution in [0.3, 0.4) is 0 Å². The van der Waals surface area contributed by atoms with E-state index >= 15 is 0 Å². The summed E-state index contributed by atoms with van der Waals surface area (Å²) in [7, 11) is -3.81. The fourth-order valence-electron chi connectivity index (χ4n) is 4.01. The van der Waals surface area contributed by atoms with E-state index < -0.39 is 34.3 Å². The average Bonchev–Trinajstić information content (AvgIpc) is 3.29. The molecule has 2 aromatic rings. The molecule has 0 unspecified atom stereocenters. The maximum atomic E-state index is 13.5. The summed E-state index contributed by atoms with van der Waals surface area (Å²) < 4.78 is 40.1. The Morgan fingerprint density at radius 1 is 1.12 bits per heavy atom. The Kier molecular flexibility index (Phi) is 8.70. The van der Waals surface area contributed by atoms with Crippen LogP contribution in [0.1, 0.15) is 38.2 Å². The van der Waals surface area contributed by atoms with Gasteiger partial charge < -0.3 is 10.2 Å². The number of carbonyl (C=O) groups excluding carboxylic acids is 2. The zero-order valence-electron chi connectivity index (χ0n) is 19.2. The van der Waals surface area contributed by atoms with E-state index in [-0.39, 0.29) is 18.5 Å². The van der Waals surface area contributed by atoms with Gasteiger partial charge in [0, 0.05) is 17.1 Å². The minimum absolute atomic E-state index is 0.0337. The van der Waals surface area contributed by atoms with Gasteiger partial charge in [-0.1, -0.05) is 37.1 Å². The third kappa shape index (κ3) is 6.79. The first kappa shape index (κ1) is 26.2. The molecule has 3 rings (SSSR count). The second kappa shape index (κ2) is 11.3. The molecule has 1 atom stereocenters. The fraction of sp³-hybridized carbons (Fsp3) is 0.417. The van der Waals surface area contributed by atoms with Gasteiger partial charge in [-0.15, -0.1) is 0 Å². The molecule has 1 saturated carbocycles. The molecule has 7 nitrogen and oxygen atoms in total. The number of rotatable bonds is 9. The molecule has 2 aromatic carbocycles. The van der Waals surface area contributed by atoms with Crippen LogP contribution in [0, 0.1) is 5.82 Å². The number of hydrogen-bond donors (Lipinski definition) is 1. The molecule has 0 saturated heterocycles. The molecule has 0 radical (unpaired) electrons. The number of nitrogens with one attached hydrogen (secondary N) is 1. The Morgan fingerprint density at radius 3 is 2.32 bits per heavy atom. The van der Waals surface area contributed by atoms with Crippen molar-refractivity contribution in [2.75, 3.05) is 17.1 Å². The Labute approximate surface area is 208 Å². The largest absolute Gasteiger partial charge is 0.352 e. The predicted octanol–water partition coefficient (Wildman–Crippen LogP) is 3.83. The lowest BCUT2D eigenvalue weighted by molar-refractivity contribution is -0.139. The van der Waals surface area contributed by atoms with Crippen LogP contribution < -0.4 is 9.62 Å². The van der Waals surface area contributed by atoms with Crippen molar-refractivity contribution >= 4 is 43.5 Å². The number of halogens is 2. The quantitative estimate of drug-likeness (QED) is 0.511. The first-order chi connectivity index (χ1) is 16.1. The first-order valence-electron chi connectivity index (χ1n) is 11.1. The van der Waals surface area contributed by atoms with Crippen LogP contribution in [-0.2, 0) is 26.2 Å². The molecule has 1 aliphatic carbocycles. The van der Waals surface area contributed by atoms with Gasteiger partial charge >= 0.3 is 0 Å². The number of amides is 2. The highest BCUT2D eigenvalue weighted by molar-refractivity contribution is 9.10. The van der Waals surface area contributed by atoms with Crippen molar-refractivity contribution in [3.63, 3.8) is 0 Å². The Morgan fingerprint density at radius 2 is 1.74 bits per heavy atom. The summed E-state index contributed by atoms with van der Waals surface area (Å²) in [6, 6.07) is 11.6. The van der Waals surface area contributed by atoms with Crippen molar-refractivity contribution in [1.29, 1.82) is 0 Å². The van der Waals surface area contributed by atoms with E-state index in [4.69, 9.17) is 0 Å². The zero-order valence-corrected chi connectivity index (χ0v) is 21.6. The van der Waals surface area contributed by atoms with Crippen molar-refractivity contribution in [3.8, 4) is 0 Å². The molecule has 184 valence electrons. The fourth-order valence-corrected chi connectivity index (χ4v) is 5.49. The smallest absolute Gasteiger partial charge is 0.244 e. The summed E-state index contributed by atoms with van der Waals surface area (Å²) in [6.45, 7) is 1.17. The molecular weight excluding hydrogens is 525 g/mol. The minimum atomic E-state index is -3.81. The predicted molar refractivity (Wildman–Crippen MR) is 133 cm³/mol. The molecule has 1 N–H and O–H groups in total. The summed E-state index contributed by atoms with van der Waals surface area (Å²) in [5, 5.41) is 3.00. The van der Waals surface area contributed by atoms with E-state index in [1.54, 1.807) is 43.3 Å². The number of para-hydroxylation sites is 1. The van der Waals surface area contributed by atoms with Crippen LogP contribution >= 0.6 is 15.9 Å². The lowest BCUT2D eigenvalue weighted by atomic mass is 10.1. The lowest BCUT2D eigenvalue weighted by Crippen LogP contribution is -2.52. The van der Waals surface area contributed by atoms with Crippen molar-refractivity contribution in [3.05, 3.63) is 64.4 Å².